The van der Waals surface area contributed by atoms with Crippen molar-refractivity contribution in [1.82, 2.24) is 0 Å². The van der Waals surface area contributed by atoms with Crippen molar-refractivity contribution in [3.8, 4) is 0 Å². The fraction of sp³-hybridized carbons (Fsp3) is 0.625. The minimum atomic E-state index is 0.719. The van der Waals surface area contributed by atoms with E-state index in [0.29, 0.717) is 0 Å². The molecule has 0 saturated heterocycles. The summed E-state index contributed by atoms with van der Waals surface area (Å²) in [6.07, 6.45) is 2.43. The molecule has 186 valence electrons. The summed E-state index contributed by atoms with van der Waals surface area (Å²) in [6, 6.07) is 21.4. The molecule has 0 fully saturated rings. The highest BCUT2D eigenvalue weighted by molar-refractivity contribution is 5.20. The predicted molar refractivity (Wildman–Crippen MR) is 152 cm³/mol. The van der Waals surface area contributed by atoms with Crippen molar-refractivity contribution in [1.29, 1.82) is 0 Å². The Labute approximate surface area is 204 Å². The summed E-state index contributed by atoms with van der Waals surface area (Å²) in [7, 11) is 0. The van der Waals surface area contributed by atoms with Crippen molar-refractivity contribution in [2.45, 2.75) is 109 Å². The van der Waals surface area contributed by atoms with Crippen molar-refractivity contribution in [2.24, 2.45) is 23.7 Å². The molecule has 0 amide bonds. The number of hydrogen-bond donors (Lipinski definition) is 0. The third-order valence-electron chi connectivity index (χ3n) is 5.34. The van der Waals surface area contributed by atoms with Gasteiger partial charge < -0.3 is 0 Å². The quantitative estimate of drug-likeness (QED) is 0.417. The Kier molecular flexibility index (Phi) is 26.4. The van der Waals surface area contributed by atoms with E-state index in [0.717, 1.165) is 36.0 Å². The second-order valence-corrected chi connectivity index (χ2v) is 9.22. The first-order valence-electron chi connectivity index (χ1n) is 13.3. The maximum atomic E-state index is 2.32. The summed E-state index contributed by atoms with van der Waals surface area (Å²) in [6.45, 7) is 28.4. The molecule has 0 aliphatic heterocycles. The van der Waals surface area contributed by atoms with Gasteiger partial charge in [-0.2, -0.15) is 0 Å². The first-order chi connectivity index (χ1) is 15.2. The summed E-state index contributed by atoms with van der Waals surface area (Å²) in [5, 5.41) is 0. The van der Waals surface area contributed by atoms with Gasteiger partial charge in [-0.25, -0.2) is 0 Å². The lowest BCUT2D eigenvalue weighted by Crippen LogP contribution is -2.09. The Morgan fingerprint density at radius 2 is 0.906 bits per heavy atom. The maximum Gasteiger partial charge on any atom is -0.0136 e. The molecule has 0 radical (unpaired) electrons. The first-order valence-corrected chi connectivity index (χ1v) is 13.3. The second kappa shape index (κ2) is 24.1. The average molecular weight is 443 g/mol. The molecule has 0 aliphatic rings. The molecule has 0 aromatic heterocycles. The summed E-state index contributed by atoms with van der Waals surface area (Å²) in [5.74, 6) is 3.94. The fourth-order valence-electron chi connectivity index (χ4n) is 2.71. The van der Waals surface area contributed by atoms with Crippen molar-refractivity contribution in [3.63, 3.8) is 0 Å². The summed E-state index contributed by atoms with van der Waals surface area (Å²) in [5.41, 5.74) is 2.91. The molecular formula is C32H58. The summed E-state index contributed by atoms with van der Waals surface area (Å²) >= 11 is 0. The van der Waals surface area contributed by atoms with Crippen LogP contribution in [0.5, 0.6) is 0 Å². The molecule has 0 heteroatoms. The van der Waals surface area contributed by atoms with Gasteiger partial charge in [0.05, 0.1) is 0 Å². The van der Waals surface area contributed by atoms with E-state index in [2.05, 4.69) is 117 Å². The van der Waals surface area contributed by atoms with Gasteiger partial charge in [-0.05, 0) is 53.6 Å². The molecule has 1 unspecified atom stereocenters. The lowest BCUT2D eigenvalue weighted by Gasteiger charge is -2.23. The largest absolute Gasteiger partial charge is 0.0683 e. The standard InChI is InChI=1S/C14H22.C8H10.C6H14.2C2H6/c1-11(2)10-14(12(3)4)13-8-6-5-7-9-13;1-2-8-6-4-3-5-7-8;1-5(2)6(3)4;2*1-2/h5-9,11-12,14H,10H2,1-4H3;3-7H,2H2,1H3;5-6H,1-4H3;2*1-2H3. The van der Waals surface area contributed by atoms with Gasteiger partial charge in [0, 0.05) is 0 Å². The third kappa shape index (κ3) is 20.3. The predicted octanol–water partition coefficient (Wildman–Crippen LogP) is 11.1. The highest BCUT2D eigenvalue weighted by atomic mass is 14.2. The molecule has 2 rings (SSSR count). The van der Waals surface area contributed by atoms with Crippen molar-refractivity contribution < 1.29 is 0 Å². The maximum absolute atomic E-state index is 2.32. The van der Waals surface area contributed by atoms with Crippen molar-refractivity contribution in [2.75, 3.05) is 0 Å². The van der Waals surface area contributed by atoms with E-state index in [1.165, 1.54) is 17.5 Å². The zero-order valence-corrected chi connectivity index (χ0v) is 24.1. The van der Waals surface area contributed by atoms with E-state index in [9.17, 15) is 0 Å². The zero-order valence-electron chi connectivity index (χ0n) is 24.1. The van der Waals surface area contributed by atoms with Gasteiger partial charge in [0.2, 0.25) is 0 Å². The van der Waals surface area contributed by atoms with Crippen molar-refractivity contribution >= 4 is 0 Å². The van der Waals surface area contributed by atoms with Crippen LogP contribution < -0.4 is 0 Å². The number of benzene rings is 2. The first kappa shape index (κ1) is 35.0. The highest BCUT2D eigenvalue weighted by Crippen LogP contribution is 2.30. The molecule has 0 saturated carbocycles. The van der Waals surface area contributed by atoms with Crippen LogP contribution in [0.2, 0.25) is 0 Å². The van der Waals surface area contributed by atoms with E-state index >= 15 is 0 Å². The fourth-order valence-corrected chi connectivity index (χ4v) is 2.71. The molecule has 2 aromatic carbocycles. The molecule has 0 N–H and O–H groups in total. The van der Waals surface area contributed by atoms with Crippen LogP contribution in [-0.2, 0) is 6.42 Å². The monoisotopic (exact) mass is 442 g/mol. The molecule has 0 spiro atoms. The van der Waals surface area contributed by atoms with Gasteiger partial charge in [-0.15, -0.1) is 0 Å². The van der Waals surface area contributed by atoms with Crippen LogP contribution in [0.25, 0.3) is 0 Å². The van der Waals surface area contributed by atoms with Gasteiger partial charge in [0.1, 0.15) is 0 Å². The Morgan fingerprint density at radius 1 is 0.531 bits per heavy atom. The topological polar surface area (TPSA) is 0 Å². The molecule has 0 aliphatic carbocycles. The highest BCUT2D eigenvalue weighted by Gasteiger charge is 2.16. The Morgan fingerprint density at radius 3 is 1.16 bits per heavy atom. The second-order valence-electron chi connectivity index (χ2n) is 9.22. The summed E-state index contributed by atoms with van der Waals surface area (Å²) < 4.78 is 0. The molecule has 0 heterocycles. The van der Waals surface area contributed by atoms with Gasteiger partial charge in [-0.3, -0.25) is 0 Å². The van der Waals surface area contributed by atoms with Crippen LogP contribution in [0.3, 0.4) is 0 Å². The van der Waals surface area contributed by atoms with Crippen LogP contribution in [0.15, 0.2) is 60.7 Å². The van der Waals surface area contributed by atoms with Crippen LogP contribution >= 0.6 is 0 Å². The lowest BCUT2D eigenvalue weighted by molar-refractivity contribution is 0.408. The SMILES string of the molecule is CC.CC.CC(C)C(C)C.CC(C)CC(c1ccccc1)C(C)C.CCc1ccccc1. The number of hydrogen-bond acceptors (Lipinski definition) is 0. The van der Waals surface area contributed by atoms with Crippen LogP contribution in [0.4, 0.5) is 0 Å². The van der Waals surface area contributed by atoms with Crippen LogP contribution in [0, 0.1) is 23.7 Å². The molecular weight excluding hydrogens is 384 g/mol. The number of rotatable bonds is 6. The van der Waals surface area contributed by atoms with Gasteiger partial charge in [-0.1, -0.05) is 151 Å². The van der Waals surface area contributed by atoms with E-state index < -0.39 is 0 Å². The molecule has 0 bridgehead atoms. The average Bonchev–Trinajstić information content (AvgIpc) is 2.81. The van der Waals surface area contributed by atoms with Gasteiger partial charge >= 0.3 is 0 Å². The summed E-state index contributed by atoms with van der Waals surface area (Å²) in [4.78, 5) is 0. The van der Waals surface area contributed by atoms with Crippen molar-refractivity contribution in [3.05, 3.63) is 71.8 Å². The minimum Gasteiger partial charge on any atom is -0.0683 e. The third-order valence-corrected chi connectivity index (χ3v) is 5.34. The normalized spacial score (nSPS) is 10.7. The zero-order chi connectivity index (χ0) is 25.5. The molecule has 2 aromatic rings. The Bertz CT molecular complexity index is 558. The van der Waals surface area contributed by atoms with Crippen LogP contribution in [0.1, 0.15) is 113 Å². The lowest BCUT2D eigenvalue weighted by atomic mass is 9.82. The van der Waals surface area contributed by atoms with Gasteiger partial charge in [0.15, 0.2) is 0 Å². The molecule has 32 heavy (non-hydrogen) atoms. The van der Waals surface area contributed by atoms with E-state index in [4.69, 9.17) is 0 Å². The molecule has 0 nitrogen and oxygen atoms in total. The molecule has 1 atom stereocenters. The minimum absolute atomic E-state index is 0.719. The number of aryl methyl sites for hydroxylation is 1. The van der Waals surface area contributed by atoms with E-state index in [-0.39, 0.29) is 0 Å². The Balaban J connectivity index is -0.000000397. The smallest absolute Gasteiger partial charge is 0.0136 e. The van der Waals surface area contributed by atoms with Crippen LogP contribution in [-0.4, -0.2) is 0 Å². The van der Waals surface area contributed by atoms with E-state index in [1.807, 2.05) is 33.8 Å². The Hall–Kier alpha value is -1.56. The van der Waals surface area contributed by atoms with Gasteiger partial charge in [0.25, 0.3) is 0 Å². The van der Waals surface area contributed by atoms with E-state index in [1.54, 1.807) is 0 Å².